The lowest BCUT2D eigenvalue weighted by Crippen LogP contribution is -2.10. The van der Waals surface area contributed by atoms with E-state index in [9.17, 15) is 4.39 Å². The molecule has 0 amide bonds. The predicted octanol–water partition coefficient (Wildman–Crippen LogP) is 3.61. The summed E-state index contributed by atoms with van der Waals surface area (Å²) >= 11 is 0. The Labute approximate surface area is 107 Å². The average Bonchev–Trinajstić information content (AvgIpc) is 2.38. The number of halogens is 1. The number of rotatable bonds is 3. The van der Waals surface area contributed by atoms with E-state index < -0.39 is 0 Å². The first-order valence-corrected chi connectivity index (χ1v) is 5.93. The topological polar surface area (TPSA) is 29.3 Å². The van der Waals surface area contributed by atoms with E-state index in [4.69, 9.17) is 5.73 Å². The van der Waals surface area contributed by atoms with Crippen LogP contribution in [0.4, 0.5) is 15.8 Å². The lowest BCUT2D eigenvalue weighted by atomic mass is 10.1. The van der Waals surface area contributed by atoms with Gasteiger partial charge in [0.05, 0.1) is 0 Å². The van der Waals surface area contributed by atoms with Crippen molar-refractivity contribution in [3.8, 4) is 0 Å². The molecule has 0 heterocycles. The van der Waals surface area contributed by atoms with Crippen LogP contribution in [0.1, 0.15) is 18.5 Å². The van der Waals surface area contributed by atoms with Crippen molar-refractivity contribution in [1.29, 1.82) is 0 Å². The van der Waals surface area contributed by atoms with Gasteiger partial charge in [-0.1, -0.05) is 18.2 Å². The zero-order valence-electron chi connectivity index (χ0n) is 10.6. The molecule has 0 saturated heterocycles. The van der Waals surface area contributed by atoms with Gasteiger partial charge in [-0.2, -0.15) is 0 Å². The van der Waals surface area contributed by atoms with Crippen LogP contribution in [0.25, 0.3) is 0 Å². The maximum Gasteiger partial charge on any atom is 0.125 e. The Morgan fingerprint density at radius 2 is 1.72 bits per heavy atom. The first-order chi connectivity index (χ1) is 8.58. The first kappa shape index (κ1) is 12.6. The molecule has 0 aliphatic rings. The van der Waals surface area contributed by atoms with E-state index in [-0.39, 0.29) is 11.9 Å². The zero-order chi connectivity index (χ0) is 13.1. The van der Waals surface area contributed by atoms with Gasteiger partial charge in [-0.25, -0.2) is 4.39 Å². The van der Waals surface area contributed by atoms with Crippen molar-refractivity contribution in [2.75, 3.05) is 11.9 Å². The molecule has 0 saturated carbocycles. The highest BCUT2D eigenvalue weighted by molar-refractivity contribution is 5.62. The third-order valence-electron chi connectivity index (χ3n) is 3.00. The van der Waals surface area contributed by atoms with Crippen molar-refractivity contribution in [2.24, 2.45) is 5.73 Å². The molecule has 18 heavy (non-hydrogen) atoms. The molecule has 0 aromatic heterocycles. The average molecular weight is 244 g/mol. The number of anilines is 2. The summed E-state index contributed by atoms with van der Waals surface area (Å²) in [5.74, 6) is -0.230. The second-order valence-corrected chi connectivity index (χ2v) is 4.42. The van der Waals surface area contributed by atoms with E-state index in [0.29, 0.717) is 0 Å². The van der Waals surface area contributed by atoms with Gasteiger partial charge in [0.1, 0.15) is 5.82 Å². The Morgan fingerprint density at radius 1 is 1.06 bits per heavy atom. The van der Waals surface area contributed by atoms with Crippen LogP contribution >= 0.6 is 0 Å². The van der Waals surface area contributed by atoms with Crippen molar-refractivity contribution >= 4 is 11.4 Å². The third kappa shape index (κ3) is 2.68. The minimum atomic E-state index is -0.230. The predicted molar refractivity (Wildman–Crippen MR) is 73.5 cm³/mol. The van der Waals surface area contributed by atoms with Gasteiger partial charge in [0.2, 0.25) is 0 Å². The fourth-order valence-corrected chi connectivity index (χ4v) is 1.84. The van der Waals surface area contributed by atoms with Crippen molar-refractivity contribution in [2.45, 2.75) is 13.0 Å². The summed E-state index contributed by atoms with van der Waals surface area (Å²) in [5.41, 5.74) is 8.72. The van der Waals surface area contributed by atoms with Crippen LogP contribution in [0.15, 0.2) is 48.5 Å². The van der Waals surface area contributed by atoms with Gasteiger partial charge in [0.25, 0.3) is 0 Å². The van der Waals surface area contributed by atoms with Gasteiger partial charge >= 0.3 is 0 Å². The molecular formula is C15H17FN2. The standard InChI is InChI=1S/C15H17FN2/c1-11(17)12-6-8-14(9-7-12)18(2)15-5-3-4-13(16)10-15/h3-11H,17H2,1-2H3/t11-/m1/s1. The highest BCUT2D eigenvalue weighted by Crippen LogP contribution is 2.25. The molecule has 2 aromatic rings. The molecule has 3 heteroatoms. The normalized spacial score (nSPS) is 12.2. The maximum atomic E-state index is 13.2. The Morgan fingerprint density at radius 3 is 2.28 bits per heavy atom. The monoisotopic (exact) mass is 244 g/mol. The second kappa shape index (κ2) is 5.19. The van der Waals surface area contributed by atoms with Crippen LogP contribution < -0.4 is 10.6 Å². The minimum Gasteiger partial charge on any atom is -0.345 e. The van der Waals surface area contributed by atoms with Crippen LogP contribution in [0.2, 0.25) is 0 Å². The summed E-state index contributed by atoms with van der Waals surface area (Å²) in [4.78, 5) is 1.94. The van der Waals surface area contributed by atoms with Crippen molar-refractivity contribution in [3.05, 3.63) is 59.9 Å². The van der Waals surface area contributed by atoms with Gasteiger partial charge in [0, 0.05) is 24.5 Å². The summed E-state index contributed by atoms with van der Waals surface area (Å²) in [6, 6.07) is 14.5. The lowest BCUT2D eigenvalue weighted by molar-refractivity contribution is 0.628. The fourth-order valence-electron chi connectivity index (χ4n) is 1.84. The quantitative estimate of drug-likeness (QED) is 0.893. The number of hydrogen-bond acceptors (Lipinski definition) is 2. The third-order valence-corrected chi connectivity index (χ3v) is 3.00. The van der Waals surface area contributed by atoms with Gasteiger partial charge in [-0.15, -0.1) is 0 Å². The second-order valence-electron chi connectivity index (χ2n) is 4.42. The SMILES string of the molecule is C[C@@H](N)c1ccc(N(C)c2cccc(F)c2)cc1. The Balaban J connectivity index is 2.26. The molecule has 0 aliphatic heterocycles. The van der Waals surface area contributed by atoms with Gasteiger partial charge < -0.3 is 10.6 Å². The molecule has 2 aromatic carbocycles. The van der Waals surface area contributed by atoms with Crippen LogP contribution in [-0.2, 0) is 0 Å². The van der Waals surface area contributed by atoms with Crippen LogP contribution in [0.5, 0.6) is 0 Å². The van der Waals surface area contributed by atoms with Gasteiger partial charge in [-0.05, 0) is 42.8 Å². The van der Waals surface area contributed by atoms with E-state index in [1.165, 1.54) is 12.1 Å². The minimum absolute atomic E-state index is 0.0264. The van der Waals surface area contributed by atoms with E-state index in [2.05, 4.69) is 0 Å². The largest absolute Gasteiger partial charge is 0.345 e. The number of nitrogens with zero attached hydrogens (tertiary/aromatic N) is 1. The summed E-state index contributed by atoms with van der Waals surface area (Å²) in [6.07, 6.45) is 0. The van der Waals surface area contributed by atoms with E-state index in [1.807, 2.05) is 49.2 Å². The molecule has 2 nitrogen and oxygen atoms in total. The number of benzene rings is 2. The number of hydrogen-bond donors (Lipinski definition) is 1. The molecule has 0 radical (unpaired) electrons. The van der Waals surface area contributed by atoms with Crippen molar-refractivity contribution in [3.63, 3.8) is 0 Å². The van der Waals surface area contributed by atoms with E-state index in [1.54, 1.807) is 6.07 Å². The molecule has 2 N–H and O–H groups in total. The summed E-state index contributed by atoms with van der Waals surface area (Å²) < 4.78 is 13.2. The van der Waals surface area contributed by atoms with Crippen molar-refractivity contribution < 1.29 is 4.39 Å². The van der Waals surface area contributed by atoms with E-state index in [0.717, 1.165) is 16.9 Å². The Bertz CT molecular complexity index is 520. The molecule has 0 fully saturated rings. The first-order valence-electron chi connectivity index (χ1n) is 5.93. The van der Waals surface area contributed by atoms with E-state index >= 15 is 0 Å². The molecule has 0 aliphatic carbocycles. The summed E-state index contributed by atoms with van der Waals surface area (Å²) in [5, 5.41) is 0. The molecule has 0 unspecified atom stereocenters. The highest BCUT2D eigenvalue weighted by atomic mass is 19.1. The summed E-state index contributed by atoms with van der Waals surface area (Å²) in [7, 11) is 1.91. The molecule has 94 valence electrons. The van der Waals surface area contributed by atoms with Gasteiger partial charge in [-0.3, -0.25) is 0 Å². The maximum absolute atomic E-state index is 13.2. The smallest absolute Gasteiger partial charge is 0.125 e. The van der Waals surface area contributed by atoms with Crippen molar-refractivity contribution in [1.82, 2.24) is 0 Å². The molecule has 1 atom stereocenters. The molecule has 2 rings (SSSR count). The highest BCUT2D eigenvalue weighted by Gasteiger charge is 2.05. The van der Waals surface area contributed by atoms with Crippen LogP contribution in [0, 0.1) is 5.82 Å². The molecular weight excluding hydrogens is 227 g/mol. The van der Waals surface area contributed by atoms with Crippen LogP contribution in [-0.4, -0.2) is 7.05 Å². The Hall–Kier alpha value is -1.87. The fraction of sp³-hybridized carbons (Fsp3) is 0.200. The molecule has 0 spiro atoms. The number of nitrogens with two attached hydrogens (primary N) is 1. The Kier molecular flexibility index (Phi) is 3.63. The summed E-state index contributed by atoms with van der Waals surface area (Å²) in [6.45, 7) is 1.95. The lowest BCUT2D eigenvalue weighted by Gasteiger charge is -2.20. The molecule has 0 bridgehead atoms. The van der Waals surface area contributed by atoms with Gasteiger partial charge in [0.15, 0.2) is 0 Å². The zero-order valence-corrected chi connectivity index (χ0v) is 10.6. The van der Waals surface area contributed by atoms with Crippen LogP contribution in [0.3, 0.4) is 0 Å².